The summed E-state index contributed by atoms with van der Waals surface area (Å²) in [6.45, 7) is 2.16. The molecule has 0 saturated carbocycles. The smallest absolute Gasteiger partial charge is 0.0542 e. The zero-order valence-electron chi connectivity index (χ0n) is 14.8. The van der Waals surface area contributed by atoms with Crippen LogP contribution in [0.15, 0.2) is 78.9 Å². The first kappa shape index (κ1) is 15.4. The van der Waals surface area contributed by atoms with Crippen molar-refractivity contribution >= 4 is 63.0 Å². The summed E-state index contributed by atoms with van der Waals surface area (Å²) in [6.07, 6.45) is 0. The van der Waals surface area contributed by atoms with Crippen LogP contribution >= 0.6 is 22.7 Å². The van der Waals surface area contributed by atoms with Gasteiger partial charge in [-0.2, -0.15) is 0 Å². The molecule has 0 spiro atoms. The van der Waals surface area contributed by atoms with Crippen LogP contribution in [0.5, 0.6) is 0 Å². The standard InChI is InChI=1S/C25H16S2/c1-15-7-8-17-12-21-23(14-19(17)11-15)27-24-20-10-9-18(13-22(20)26-25(21)24)16-5-3-2-4-6-16/h2-14H,1H3. The van der Waals surface area contributed by atoms with E-state index in [0.717, 1.165) is 0 Å². The van der Waals surface area contributed by atoms with Crippen LogP contribution in [0.1, 0.15) is 5.56 Å². The lowest BCUT2D eigenvalue weighted by Crippen LogP contribution is -1.75. The molecule has 0 aliphatic rings. The van der Waals surface area contributed by atoms with Gasteiger partial charge in [0.05, 0.1) is 9.40 Å². The fourth-order valence-corrected chi connectivity index (χ4v) is 6.64. The molecule has 0 unspecified atom stereocenters. The van der Waals surface area contributed by atoms with Gasteiger partial charge in [0.15, 0.2) is 0 Å². The number of fused-ring (bicyclic) bond motifs is 6. The lowest BCUT2D eigenvalue weighted by Gasteiger charge is -2.01. The number of thiophene rings is 2. The van der Waals surface area contributed by atoms with Gasteiger partial charge >= 0.3 is 0 Å². The van der Waals surface area contributed by atoms with Crippen molar-refractivity contribution in [2.75, 3.05) is 0 Å². The molecule has 0 bridgehead atoms. The largest absolute Gasteiger partial charge is 0.134 e. The SMILES string of the molecule is Cc1ccc2cc3c(cc2c1)sc1c2ccc(-c4ccccc4)cc2sc31. The minimum Gasteiger partial charge on any atom is -0.134 e. The van der Waals surface area contributed by atoms with Crippen LogP contribution in [0.2, 0.25) is 0 Å². The highest BCUT2D eigenvalue weighted by atomic mass is 32.1. The van der Waals surface area contributed by atoms with Crippen LogP contribution in [-0.4, -0.2) is 0 Å². The summed E-state index contributed by atoms with van der Waals surface area (Å²) in [7, 11) is 0. The molecule has 0 saturated heterocycles. The second-order valence-corrected chi connectivity index (χ2v) is 9.24. The van der Waals surface area contributed by atoms with E-state index in [-0.39, 0.29) is 0 Å². The Morgan fingerprint density at radius 2 is 1.33 bits per heavy atom. The molecule has 2 aromatic heterocycles. The second kappa shape index (κ2) is 5.66. The third kappa shape index (κ3) is 2.34. The van der Waals surface area contributed by atoms with Gasteiger partial charge in [0, 0.05) is 20.2 Å². The van der Waals surface area contributed by atoms with Crippen molar-refractivity contribution in [3.05, 3.63) is 84.4 Å². The number of hydrogen-bond acceptors (Lipinski definition) is 2. The molecule has 2 heteroatoms. The molecule has 2 heterocycles. The molecule has 6 aromatic rings. The Hall–Kier alpha value is -2.68. The van der Waals surface area contributed by atoms with Crippen LogP contribution in [0.4, 0.5) is 0 Å². The zero-order chi connectivity index (χ0) is 18.0. The highest BCUT2D eigenvalue weighted by molar-refractivity contribution is 7.36. The Morgan fingerprint density at radius 3 is 2.19 bits per heavy atom. The first-order valence-corrected chi connectivity index (χ1v) is 10.7. The maximum Gasteiger partial charge on any atom is 0.0542 e. The average molecular weight is 381 g/mol. The van der Waals surface area contributed by atoms with Gasteiger partial charge in [-0.15, -0.1) is 22.7 Å². The molecule has 27 heavy (non-hydrogen) atoms. The maximum atomic E-state index is 2.37. The van der Waals surface area contributed by atoms with Crippen LogP contribution < -0.4 is 0 Å². The summed E-state index contributed by atoms with van der Waals surface area (Å²) in [5, 5.41) is 5.45. The van der Waals surface area contributed by atoms with Crippen molar-refractivity contribution < 1.29 is 0 Å². The third-order valence-electron chi connectivity index (χ3n) is 5.30. The van der Waals surface area contributed by atoms with Crippen molar-refractivity contribution in [1.29, 1.82) is 0 Å². The zero-order valence-corrected chi connectivity index (χ0v) is 16.5. The van der Waals surface area contributed by atoms with Crippen molar-refractivity contribution in [3.63, 3.8) is 0 Å². The van der Waals surface area contributed by atoms with E-state index in [1.54, 1.807) is 0 Å². The third-order valence-corrected chi connectivity index (χ3v) is 7.80. The predicted molar refractivity (Wildman–Crippen MR) is 122 cm³/mol. The van der Waals surface area contributed by atoms with E-state index in [9.17, 15) is 0 Å². The fourth-order valence-electron chi connectivity index (χ4n) is 3.93. The topological polar surface area (TPSA) is 0 Å². The average Bonchev–Trinajstić information content (AvgIpc) is 3.22. The minimum atomic E-state index is 1.28. The molecule has 0 nitrogen and oxygen atoms in total. The first-order valence-electron chi connectivity index (χ1n) is 9.11. The number of benzene rings is 4. The molecule has 0 aliphatic heterocycles. The van der Waals surface area contributed by atoms with Crippen molar-refractivity contribution in [2.45, 2.75) is 6.92 Å². The van der Waals surface area contributed by atoms with Crippen molar-refractivity contribution in [2.24, 2.45) is 0 Å². The van der Waals surface area contributed by atoms with E-state index < -0.39 is 0 Å². The van der Waals surface area contributed by atoms with Crippen LogP contribution in [-0.2, 0) is 0 Å². The predicted octanol–water partition coefficient (Wildman–Crippen LogP) is 8.40. The highest BCUT2D eigenvalue weighted by Crippen LogP contribution is 2.46. The van der Waals surface area contributed by atoms with E-state index in [0.29, 0.717) is 0 Å². The Morgan fingerprint density at radius 1 is 0.556 bits per heavy atom. The van der Waals surface area contributed by atoms with Gasteiger partial charge in [-0.3, -0.25) is 0 Å². The normalized spacial score (nSPS) is 11.9. The van der Waals surface area contributed by atoms with Gasteiger partial charge in [0.2, 0.25) is 0 Å². The van der Waals surface area contributed by atoms with Crippen LogP contribution in [0, 0.1) is 6.92 Å². The van der Waals surface area contributed by atoms with Crippen molar-refractivity contribution in [3.8, 4) is 11.1 Å². The molecule has 0 radical (unpaired) electrons. The van der Waals surface area contributed by atoms with E-state index in [1.165, 1.54) is 57.0 Å². The van der Waals surface area contributed by atoms with Gasteiger partial charge < -0.3 is 0 Å². The summed E-state index contributed by atoms with van der Waals surface area (Å²) in [6, 6.07) is 29.0. The molecule has 0 fully saturated rings. The van der Waals surface area contributed by atoms with E-state index in [4.69, 9.17) is 0 Å². The molecule has 0 atom stereocenters. The van der Waals surface area contributed by atoms with Crippen molar-refractivity contribution in [1.82, 2.24) is 0 Å². The van der Waals surface area contributed by atoms with E-state index >= 15 is 0 Å². The van der Waals surface area contributed by atoms with Crippen LogP contribution in [0.3, 0.4) is 0 Å². The molecule has 0 N–H and O–H groups in total. The Labute approximate surface area is 165 Å². The van der Waals surface area contributed by atoms with Gasteiger partial charge in [-0.1, -0.05) is 66.2 Å². The molecule has 4 aromatic carbocycles. The lowest BCUT2D eigenvalue weighted by molar-refractivity contribution is 1.51. The Bertz CT molecular complexity index is 1470. The van der Waals surface area contributed by atoms with Gasteiger partial charge in [0.1, 0.15) is 0 Å². The number of aryl methyl sites for hydroxylation is 1. The van der Waals surface area contributed by atoms with Gasteiger partial charge in [-0.05, 0) is 47.0 Å². The lowest BCUT2D eigenvalue weighted by atomic mass is 10.0. The Balaban J connectivity index is 1.63. The van der Waals surface area contributed by atoms with Gasteiger partial charge in [-0.25, -0.2) is 0 Å². The van der Waals surface area contributed by atoms with Crippen LogP contribution in [0.25, 0.3) is 51.5 Å². The highest BCUT2D eigenvalue weighted by Gasteiger charge is 2.13. The summed E-state index contributed by atoms with van der Waals surface area (Å²) >= 11 is 3.86. The summed E-state index contributed by atoms with van der Waals surface area (Å²) in [5.74, 6) is 0. The molecule has 6 rings (SSSR count). The molecular formula is C25H16S2. The number of hydrogen-bond donors (Lipinski definition) is 0. The summed E-state index contributed by atoms with van der Waals surface area (Å²) in [4.78, 5) is 0. The van der Waals surface area contributed by atoms with E-state index in [2.05, 4.69) is 85.8 Å². The summed E-state index contributed by atoms with van der Waals surface area (Å²) in [5.41, 5.74) is 3.89. The summed E-state index contributed by atoms with van der Waals surface area (Å²) < 4.78 is 5.63. The fraction of sp³-hybridized carbons (Fsp3) is 0.0400. The quantitative estimate of drug-likeness (QED) is 0.269. The number of rotatable bonds is 1. The molecule has 0 amide bonds. The molecular weight excluding hydrogens is 364 g/mol. The van der Waals surface area contributed by atoms with E-state index in [1.807, 2.05) is 22.7 Å². The van der Waals surface area contributed by atoms with Gasteiger partial charge in [0.25, 0.3) is 0 Å². The first-order chi connectivity index (χ1) is 13.3. The molecule has 0 aliphatic carbocycles. The molecule has 128 valence electrons. The second-order valence-electron chi connectivity index (χ2n) is 7.14. The minimum absolute atomic E-state index is 1.28. The maximum absolute atomic E-state index is 2.37. The monoisotopic (exact) mass is 380 g/mol. The Kier molecular flexibility index (Phi) is 3.22.